The van der Waals surface area contributed by atoms with Crippen LogP contribution in [-0.2, 0) is 16.6 Å². The number of nitrogens with zero attached hydrogens (tertiary/aromatic N) is 3. The molecule has 2 N–H and O–H groups in total. The topological polar surface area (TPSA) is 106 Å². The molecule has 2 heterocycles. The van der Waals surface area contributed by atoms with E-state index in [1.165, 1.54) is 7.11 Å². The predicted molar refractivity (Wildman–Crippen MR) is 117 cm³/mol. The Morgan fingerprint density at radius 1 is 1.16 bits per heavy atom. The van der Waals surface area contributed by atoms with Crippen LogP contribution in [-0.4, -0.2) is 40.5 Å². The summed E-state index contributed by atoms with van der Waals surface area (Å²) in [5.41, 5.74) is 1.27. The number of nitrogens with one attached hydrogen (secondary N) is 2. The summed E-state index contributed by atoms with van der Waals surface area (Å²) >= 11 is 0. The normalized spacial score (nSPS) is 16.6. The van der Waals surface area contributed by atoms with Crippen molar-refractivity contribution in [2.24, 2.45) is 7.05 Å². The van der Waals surface area contributed by atoms with E-state index in [1.54, 1.807) is 36.7 Å². The van der Waals surface area contributed by atoms with Crippen LogP contribution in [0.15, 0.2) is 67.0 Å². The average Bonchev–Trinajstić information content (AvgIpc) is 3.35. The molecule has 32 heavy (non-hydrogen) atoms. The number of carbonyl (C=O) groups is 3. The molecule has 0 spiro atoms. The van der Waals surface area contributed by atoms with Crippen molar-refractivity contribution in [2.75, 3.05) is 12.0 Å². The maximum absolute atomic E-state index is 12.9. The Hall–Kier alpha value is -4.14. The number of amides is 4. The second kappa shape index (κ2) is 8.93. The van der Waals surface area contributed by atoms with Crippen molar-refractivity contribution in [3.63, 3.8) is 0 Å². The Labute approximate surface area is 185 Å². The summed E-state index contributed by atoms with van der Waals surface area (Å²) in [5, 5.41) is 5.54. The van der Waals surface area contributed by atoms with Gasteiger partial charge in [-0.15, -0.1) is 0 Å². The van der Waals surface area contributed by atoms with Crippen LogP contribution < -0.4 is 20.3 Å². The number of anilines is 1. The summed E-state index contributed by atoms with van der Waals surface area (Å²) < 4.78 is 6.93. The SMILES string of the molecule is COc1ccc(N2C(=O)N[C@@H](CC(=O)N[C@@H](c3ccccc3)c3nccn3C)C2=O)cc1. The van der Waals surface area contributed by atoms with E-state index in [1.807, 2.05) is 41.9 Å². The maximum atomic E-state index is 12.9. The van der Waals surface area contributed by atoms with Crippen LogP contribution in [0.3, 0.4) is 0 Å². The number of urea groups is 1. The van der Waals surface area contributed by atoms with Crippen LogP contribution in [0.4, 0.5) is 10.5 Å². The van der Waals surface area contributed by atoms with E-state index in [4.69, 9.17) is 4.74 Å². The van der Waals surface area contributed by atoms with Gasteiger partial charge < -0.3 is 19.9 Å². The molecular formula is C23H23N5O4. The van der Waals surface area contributed by atoms with Crippen molar-refractivity contribution in [1.82, 2.24) is 20.2 Å². The van der Waals surface area contributed by atoms with Crippen LogP contribution in [0.1, 0.15) is 23.9 Å². The molecule has 1 fully saturated rings. The van der Waals surface area contributed by atoms with E-state index in [9.17, 15) is 14.4 Å². The third-order valence-corrected chi connectivity index (χ3v) is 5.29. The number of ether oxygens (including phenoxy) is 1. The molecule has 4 rings (SSSR count). The fourth-order valence-electron chi connectivity index (χ4n) is 3.65. The minimum Gasteiger partial charge on any atom is -0.497 e. The predicted octanol–water partition coefficient (Wildman–Crippen LogP) is 2.15. The largest absolute Gasteiger partial charge is 0.497 e. The summed E-state index contributed by atoms with van der Waals surface area (Å²) in [6, 6.07) is 14.0. The van der Waals surface area contributed by atoms with Crippen LogP contribution in [0, 0.1) is 0 Å². The number of aryl methyl sites for hydroxylation is 1. The molecule has 1 saturated heterocycles. The van der Waals surface area contributed by atoms with Crippen LogP contribution in [0.5, 0.6) is 5.75 Å². The fourth-order valence-corrected chi connectivity index (χ4v) is 3.65. The summed E-state index contributed by atoms with van der Waals surface area (Å²) in [4.78, 5) is 43.6. The van der Waals surface area contributed by atoms with Crippen molar-refractivity contribution in [3.05, 3.63) is 78.4 Å². The molecule has 0 unspecified atom stereocenters. The van der Waals surface area contributed by atoms with Gasteiger partial charge >= 0.3 is 6.03 Å². The molecule has 3 aromatic rings. The van der Waals surface area contributed by atoms with E-state index in [-0.39, 0.29) is 12.3 Å². The molecule has 1 aromatic heterocycles. The summed E-state index contributed by atoms with van der Waals surface area (Å²) in [5.74, 6) is 0.407. The van der Waals surface area contributed by atoms with Gasteiger partial charge in [0.05, 0.1) is 19.2 Å². The van der Waals surface area contributed by atoms with Gasteiger partial charge in [-0.05, 0) is 29.8 Å². The van der Waals surface area contributed by atoms with Gasteiger partial charge in [0.2, 0.25) is 5.91 Å². The molecule has 0 saturated carbocycles. The Balaban J connectivity index is 1.48. The van der Waals surface area contributed by atoms with Crippen molar-refractivity contribution >= 4 is 23.5 Å². The first-order chi connectivity index (χ1) is 15.5. The second-order valence-electron chi connectivity index (χ2n) is 7.39. The Bertz CT molecular complexity index is 1130. The molecule has 0 radical (unpaired) electrons. The van der Waals surface area contributed by atoms with Crippen molar-refractivity contribution in [3.8, 4) is 5.75 Å². The van der Waals surface area contributed by atoms with Crippen LogP contribution in [0.25, 0.3) is 0 Å². The van der Waals surface area contributed by atoms with E-state index in [2.05, 4.69) is 15.6 Å². The zero-order chi connectivity index (χ0) is 22.7. The molecule has 0 bridgehead atoms. The van der Waals surface area contributed by atoms with Gasteiger partial charge in [-0.3, -0.25) is 9.59 Å². The lowest BCUT2D eigenvalue weighted by atomic mass is 10.1. The summed E-state index contributed by atoms with van der Waals surface area (Å²) in [7, 11) is 3.38. The van der Waals surface area contributed by atoms with Gasteiger partial charge in [-0.2, -0.15) is 0 Å². The smallest absolute Gasteiger partial charge is 0.329 e. The van der Waals surface area contributed by atoms with Crippen molar-refractivity contribution in [1.29, 1.82) is 0 Å². The Kier molecular flexibility index (Phi) is 5.89. The minimum absolute atomic E-state index is 0.189. The zero-order valence-corrected chi connectivity index (χ0v) is 17.7. The summed E-state index contributed by atoms with van der Waals surface area (Å²) in [6.07, 6.45) is 3.26. The lowest BCUT2D eigenvalue weighted by Gasteiger charge is -2.20. The van der Waals surface area contributed by atoms with Gasteiger partial charge in [0.25, 0.3) is 5.91 Å². The highest BCUT2D eigenvalue weighted by Gasteiger charge is 2.40. The van der Waals surface area contributed by atoms with Gasteiger partial charge in [0, 0.05) is 19.4 Å². The molecule has 2 aromatic carbocycles. The number of hydrogen-bond donors (Lipinski definition) is 2. The Morgan fingerprint density at radius 3 is 2.50 bits per heavy atom. The molecule has 9 heteroatoms. The molecule has 4 amide bonds. The molecule has 1 aliphatic heterocycles. The second-order valence-corrected chi connectivity index (χ2v) is 7.39. The van der Waals surface area contributed by atoms with E-state index >= 15 is 0 Å². The van der Waals surface area contributed by atoms with Gasteiger partial charge in [-0.1, -0.05) is 30.3 Å². The van der Waals surface area contributed by atoms with Gasteiger partial charge in [0.1, 0.15) is 23.7 Å². The highest BCUT2D eigenvalue weighted by Crippen LogP contribution is 2.24. The standard InChI is InChI=1S/C23H23N5O4/c1-27-13-12-24-21(27)20(15-6-4-3-5-7-15)26-19(29)14-18-22(30)28(23(31)25-18)16-8-10-17(32-2)11-9-16/h3-13,18,20H,14H2,1-2H3,(H,25,31)(H,26,29)/t18-,20-/m0/s1. The molecule has 1 aliphatic rings. The highest BCUT2D eigenvalue weighted by molar-refractivity contribution is 6.22. The number of imidazole rings is 1. The lowest BCUT2D eigenvalue weighted by molar-refractivity contribution is -0.126. The molecule has 0 aliphatic carbocycles. The number of imide groups is 1. The van der Waals surface area contributed by atoms with Gasteiger partial charge in [0.15, 0.2) is 0 Å². The molecular weight excluding hydrogens is 410 g/mol. The Morgan fingerprint density at radius 2 is 1.88 bits per heavy atom. The average molecular weight is 433 g/mol. The highest BCUT2D eigenvalue weighted by atomic mass is 16.5. The van der Waals surface area contributed by atoms with E-state index < -0.39 is 24.0 Å². The van der Waals surface area contributed by atoms with Crippen LogP contribution in [0.2, 0.25) is 0 Å². The monoisotopic (exact) mass is 433 g/mol. The fraction of sp³-hybridized carbons (Fsp3) is 0.217. The number of benzene rings is 2. The molecule has 2 atom stereocenters. The maximum Gasteiger partial charge on any atom is 0.329 e. The third-order valence-electron chi connectivity index (χ3n) is 5.29. The first kappa shape index (κ1) is 21.1. The number of rotatable bonds is 7. The lowest BCUT2D eigenvalue weighted by Crippen LogP contribution is -2.38. The first-order valence-electron chi connectivity index (χ1n) is 10.1. The van der Waals surface area contributed by atoms with Crippen molar-refractivity contribution < 1.29 is 19.1 Å². The van der Waals surface area contributed by atoms with Crippen molar-refractivity contribution in [2.45, 2.75) is 18.5 Å². The van der Waals surface area contributed by atoms with Crippen LogP contribution >= 0.6 is 0 Å². The number of carbonyl (C=O) groups excluding carboxylic acids is 3. The molecule has 164 valence electrons. The van der Waals surface area contributed by atoms with E-state index in [0.29, 0.717) is 17.3 Å². The summed E-state index contributed by atoms with van der Waals surface area (Å²) in [6.45, 7) is 0. The zero-order valence-electron chi connectivity index (χ0n) is 17.7. The number of methoxy groups -OCH3 is 1. The van der Waals surface area contributed by atoms with Gasteiger partial charge in [-0.25, -0.2) is 14.7 Å². The minimum atomic E-state index is -0.956. The number of hydrogen-bond acceptors (Lipinski definition) is 5. The van der Waals surface area contributed by atoms with E-state index in [0.717, 1.165) is 10.5 Å². The first-order valence-corrected chi connectivity index (χ1v) is 10.1. The number of aromatic nitrogens is 2. The molecule has 9 nitrogen and oxygen atoms in total. The quantitative estimate of drug-likeness (QED) is 0.556. The third kappa shape index (κ3) is 4.18.